The van der Waals surface area contributed by atoms with Crippen LogP contribution in [0.4, 0.5) is 0 Å². The van der Waals surface area contributed by atoms with E-state index in [0.29, 0.717) is 48.2 Å². The Kier molecular flexibility index (Phi) is 6.39. The minimum absolute atomic E-state index is 0.216. The van der Waals surface area contributed by atoms with Gasteiger partial charge in [0.05, 0.1) is 22.3 Å². The summed E-state index contributed by atoms with van der Waals surface area (Å²) in [6, 6.07) is 27.8. The first kappa shape index (κ1) is 25.4. The maximum Gasteiger partial charge on any atom is 0.261 e. The number of hydrogen-bond acceptors (Lipinski definition) is 4. The van der Waals surface area contributed by atoms with E-state index in [9.17, 15) is 19.2 Å². The van der Waals surface area contributed by atoms with Crippen LogP contribution < -0.4 is 0 Å². The first-order valence-electron chi connectivity index (χ1n) is 13.5. The third kappa shape index (κ3) is 4.31. The van der Waals surface area contributed by atoms with Crippen molar-refractivity contribution in [2.45, 2.75) is 26.7 Å². The molecule has 0 aromatic heterocycles. The summed E-state index contributed by atoms with van der Waals surface area (Å²) in [5, 5.41) is 0. The molecule has 0 aliphatic carbocycles. The van der Waals surface area contributed by atoms with Gasteiger partial charge < -0.3 is 0 Å². The summed E-state index contributed by atoms with van der Waals surface area (Å²) >= 11 is 0. The van der Waals surface area contributed by atoms with Gasteiger partial charge in [0.25, 0.3) is 23.6 Å². The summed E-state index contributed by atoms with van der Waals surface area (Å²) in [5.74, 6) is -0.865. The summed E-state index contributed by atoms with van der Waals surface area (Å²) in [6.45, 7) is 4.36. The Morgan fingerprint density at radius 1 is 0.425 bits per heavy atom. The quantitative estimate of drug-likeness (QED) is 0.286. The maximum atomic E-state index is 12.5. The maximum absolute atomic E-state index is 12.5. The van der Waals surface area contributed by atoms with Gasteiger partial charge in [-0.05, 0) is 84.3 Å². The second-order valence-electron chi connectivity index (χ2n) is 10.2. The van der Waals surface area contributed by atoms with Crippen LogP contribution in [-0.2, 0) is 12.8 Å². The van der Waals surface area contributed by atoms with Crippen LogP contribution in [0.15, 0.2) is 84.9 Å². The topological polar surface area (TPSA) is 74.8 Å². The third-order valence-corrected chi connectivity index (χ3v) is 7.76. The van der Waals surface area contributed by atoms with Gasteiger partial charge in [0.1, 0.15) is 0 Å². The molecule has 2 heterocycles. The first-order chi connectivity index (χ1) is 19.4. The Bertz CT molecular complexity index is 1560. The zero-order valence-electron chi connectivity index (χ0n) is 22.4. The van der Waals surface area contributed by atoms with Crippen LogP contribution in [0.5, 0.6) is 0 Å². The van der Waals surface area contributed by atoms with Crippen molar-refractivity contribution in [2.24, 2.45) is 0 Å². The van der Waals surface area contributed by atoms with Crippen molar-refractivity contribution < 1.29 is 19.2 Å². The molecule has 0 bridgehead atoms. The van der Waals surface area contributed by atoms with Crippen molar-refractivity contribution in [1.29, 1.82) is 0 Å². The van der Waals surface area contributed by atoms with Crippen LogP contribution in [0.25, 0.3) is 11.1 Å². The number of imide groups is 2. The average molecular weight is 529 g/mol. The summed E-state index contributed by atoms with van der Waals surface area (Å²) in [7, 11) is 0. The van der Waals surface area contributed by atoms with Crippen molar-refractivity contribution >= 4 is 23.6 Å². The second kappa shape index (κ2) is 10.0. The van der Waals surface area contributed by atoms with E-state index >= 15 is 0 Å². The third-order valence-electron chi connectivity index (χ3n) is 7.76. The van der Waals surface area contributed by atoms with Gasteiger partial charge >= 0.3 is 0 Å². The summed E-state index contributed by atoms with van der Waals surface area (Å²) in [4.78, 5) is 52.4. The fraction of sp³-hybridized carbons (Fsp3) is 0.176. The predicted octanol–water partition coefficient (Wildman–Crippen LogP) is 5.77. The molecule has 4 aromatic rings. The zero-order valence-corrected chi connectivity index (χ0v) is 22.4. The molecular weight excluding hydrogens is 500 g/mol. The number of fused-ring (bicyclic) bond motifs is 2. The molecular formula is C34H28N2O4. The average Bonchev–Trinajstić information content (AvgIpc) is 3.36. The number of nitrogens with zero attached hydrogens (tertiary/aromatic N) is 2. The minimum Gasteiger partial charge on any atom is -0.275 e. The Morgan fingerprint density at radius 3 is 1.10 bits per heavy atom. The van der Waals surface area contributed by atoms with E-state index in [1.807, 2.05) is 24.3 Å². The van der Waals surface area contributed by atoms with Crippen LogP contribution in [0.1, 0.15) is 77.5 Å². The molecule has 0 atom stereocenters. The largest absolute Gasteiger partial charge is 0.275 e. The first-order valence-corrected chi connectivity index (χ1v) is 13.5. The summed E-state index contributed by atoms with van der Waals surface area (Å²) < 4.78 is 0. The number of carbonyl (C=O) groups is 4. The van der Waals surface area contributed by atoms with Gasteiger partial charge in [-0.15, -0.1) is 0 Å². The minimum atomic E-state index is -0.217. The molecule has 2 aliphatic heterocycles. The molecule has 0 N–H and O–H groups in total. The molecule has 40 heavy (non-hydrogen) atoms. The number of amides is 4. The van der Waals surface area contributed by atoms with Crippen molar-refractivity contribution in [3.05, 3.63) is 129 Å². The molecule has 4 aromatic carbocycles. The Balaban J connectivity index is 1.13. The number of hydrogen-bond donors (Lipinski definition) is 0. The summed E-state index contributed by atoms with van der Waals surface area (Å²) in [6.07, 6.45) is 1.34. The van der Waals surface area contributed by atoms with Crippen molar-refractivity contribution in [3.63, 3.8) is 0 Å². The van der Waals surface area contributed by atoms with Gasteiger partial charge in [0.2, 0.25) is 0 Å². The predicted molar refractivity (Wildman–Crippen MR) is 152 cm³/mol. The molecule has 4 amide bonds. The van der Waals surface area contributed by atoms with Gasteiger partial charge in [0.15, 0.2) is 0 Å². The summed E-state index contributed by atoms with van der Waals surface area (Å²) in [5.41, 5.74) is 8.38. The monoisotopic (exact) mass is 528 g/mol. The van der Waals surface area contributed by atoms with E-state index in [1.165, 1.54) is 9.80 Å². The highest BCUT2D eigenvalue weighted by atomic mass is 16.2. The highest BCUT2D eigenvalue weighted by Crippen LogP contribution is 2.28. The molecule has 6 nitrogen and oxygen atoms in total. The van der Waals surface area contributed by atoms with Crippen molar-refractivity contribution in [3.8, 4) is 11.1 Å². The fourth-order valence-corrected chi connectivity index (χ4v) is 5.57. The van der Waals surface area contributed by atoms with E-state index in [4.69, 9.17) is 0 Å². The fourth-order valence-electron chi connectivity index (χ4n) is 5.57. The lowest BCUT2D eigenvalue weighted by Gasteiger charge is -2.09. The van der Waals surface area contributed by atoms with Crippen molar-refractivity contribution in [1.82, 2.24) is 9.80 Å². The smallest absolute Gasteiger partial charge is 0.261 e. The molecule has 0 radical (unpaired) electrons. The number of rotatable bonds is 7. The molecule has 2 aliphatic rings. The molecule has 6 heteroatoms. The van der Waals surface area contributed by atoms with Gasteiger partial charge in [-0.3, -0.25) is 29.0 Å². The van der Waals surface area contributed by atoms with Crippen molar-refractivity contribution in [2.75, 3.05) is 13.1 Å². The van der Waals surface area contributed by atoms with Crippen LogP contribution in [0.2, 0.25) is 0 Å². The Labute approximate surface area is 232 Å². The van der Waals surface area contributed by atoms with Gasteiger partial charge in [-0.25, -0.2) is 0 Å². The highest BCUT2D eigenvalue weighted by Gasteiger charge is 2.35. The van der Waals surface area contributed by atoms with Crippen LogP contribution in [0.3, 0.4) is 0 Å². The van der Waals surface area contributed by atoms with Crippen LogP contribution >= 0.6 is 0 Å². The molecule has 6 rings (SSSR count). The van der Waals surface area contributed by atoms with E-state index in [-0.39, 0.29) is 23.6 Å². The molecule has 0 unspecified atom stereocenters. The van der Waals surface area contributed by atoms with Gasteiger partial charge in [-0.1, -0.05) is 60.7 Å². The molecule has 0 spiro atoms. The normalized spacial score (nSPS) is 14.2. The number of benzene rings is 4. The van der Waals surface area contributed by atoms with Gasteiger partial charge in [-0.2, -0.15) is 0 Å². The molecule has 0 saturated heterocycles. The highest BCUT2D eigenvalue weighted by molar-refractivity contribution is 6.22. The van der Waals surface area contributed by atoms with Crippen LogP contribution in [0, 0.1) is 0 Å². The Hall–Kier alpha value is -4.84. The van der Waals surface area contributed by atoms with E-state index < -0.39 is 0 Å². The lowest BCUT2D eigenvalue weighted by atomic mass is 9.96. The van der Waals surface area contributed by atoms with E-state index in [2.05, 4.69) is 48.5 Å². The molecule has 0 saturated carbocycles. The number of carbonyl (C=O) groups excluding carboxylic acids is 4. The zero-order chi connectivity index (χ0) is 28.0. The van der Waals surface area contributed by atoms with E-state index in [1.54, 1.807) is 26.0 Å². The van der Waals surface area contributed by atoms with E-state index in [0.717, 1.165) is 33.4 Å². The van der Waals surface area contributed by atoms with Gasteiger partial charge in [0, 0.05) is 13.1 Å². The molecule has 0 fully saturated rings. The standard InChI is InChI=1S/C34H28N2O4/c1-3-35-31(37)27-15-9-23(19-29(27)33(35)39)17-21-5-11-25(12-6-21)26-13-7-22(8-14-26)18-24-10-16-28-30(20-24)34(40)36(4-2)32(28)38/h5-16,19-20H,3-4,17-18H2,1-2H3. The second-order valence-corrected chi connectivity index (χ2v) is 10.2. The lowest BCUT2D eigenvalue weighted by molar-refractivity contribution is 0.0647. The lowest BCUT2D eigenvalue weighted by Crippen LogP contribution is -2.29. The molecule has 198 valence electrons. The van der Waals surface area contributed by atoms with Crippen LogP contribution in [-0.4, -0.2) is 46.5 Å². The SMILES string of the molecule is CCN1C(=O)c2ccc(Cc3ccc(-c4ccc(Cc5ccc6c(c5)C(=O)N(CC)C6=O)cc4)cc3)cc2C1=O. The Morgan fingerprint density at radius 2 is 0.750 bits per heavy atom.